The molecule has 19 heavy (non-hydrogen) atoms. The lowest BCUT2D eigenvalue weighted by Gasteiger charge is -2.11. The molecule has 1 unspecified atom stereocenters. The van der Waals surface area contributed by atoms with E-state index in [4.69, 9.17) is 5.11 Å². The largest absolute Gasteiger partial charge is 0.478 e. The summed E-state index contributed by atoms with van der Waals surface area (Å²) in [6.07, 6.45) is 2.13. The molecule has 0 spiro atoms. The topological polar surface area (TPSA) is 66.4 Å². The fourth-order valence-electron chi connectivity index (χ4n) is 1.75. The highest BCUT2D eigenvalue weighted by Crippen LogP contribution is 2.09. The predicted octanol–water partition coefficient (Wildman–Crippen LogP) is 2.04. The van der Waals surface area contributed by atoms with Crippen LogP contribution in [0.4, 0.5) is 0 Å². The zero-order valence-corrected chi connectivity index (χ0v) is 12.0. The number of benzene rings is 1. The SMILES string of the molecule is CSCC(C)CNC(=O)Cc1ccccc1C(=O)O. The van der Waals surface area contributed by atoms with Crippen LogP contribution in [0.25, 0.3) is 0 Å². The second kappa shape index (κ2) is 7.84. The lowest BCUT2D eigenvalue weighted by molar-refractivity contribution is -0.120. The molecule has 0 fully saturated rings. The number of carbonyl (C=O) groups is 2. The molecule has 1 rings (SSSR count). The van der Waals surface area contributed by atoms with Crippen molar-refractivity contribution >= 4 is 23.6 Å². The smallest absolute Gasteiger partial charge is 0.335 e. The quantitative estimate of drug-likeness (QED) is 0.802. The Morgan fingerprint density at radius 1 is 1.37 bits per heavy atom. The van der Waals surface area contributed by atoms with Gasteiger partial charge < -0.3 is 10.4 Å². The Morgan fingerprint density at radius 2 is 2.05 bits per heavy atom. The van der Waals surface area contributed by atoms with Gasteiger partial charge in [0.25, 0.3) is 0 Å². The maximum atomic E-state index is 11.8. The van der Waals surface area contributed by atoms with E-state index < -0.39 is 5.97 Å². The van der Waals surface area contributed by atoms with Gasteiger partial charge >= 0.3 is 5.97 Å². The van der Waals surface area contributed by atoms with Crippen molar-refractivity contribution in [3.05, 3.63) is 35.4 Å². The minimum absolute atomic E-state index is 0.106. The lowest BCUT2D eigenvalue weighted by Crippen LogP contribution is -2.30. The number of carboxylic acids is 1. The molecule has 0 aromatic heterocycles. The van der Waals surface area contributed by atoms with Crippen molar-refractivity contribution in [1.29, 1.82) is 0 Å². The molecule has 2 N–H and O–H groups in total. The molecule has 0 aliphatic heterocycles. The van der Waals surface area contributed by atoms with Crippen LogP contribution < -0.4 is 5.32 Å². The molecule has 0 aliphatic rings. The molecular formula is C14H19NO3S. The number of aromatic carboxylic acids is 1. The maximum Gasteiger partial charge on any atom is 0.335 e. The minimum atomic E-state index is -1.00. The van der Waals surface area contributed by atoms with Gasteiger partial charge in [0.2, 0.25) is 5.91 Å². The highest BCUT2D eigenvalue weighted by Gasteiger charge is 2.12. The standard InChI is InChI=1S/C14H19NO3S/c1-10(9-19-2)8-15-13(16)7-11-5-3-4-6-12(11)14(17)18/h3-6,10H,7-9H2,1-2H3,(H,15,16)(H,17,18). The van der Waals surface area contributed by atoms with Crippen molar-refractivity contribution in [3.8, 4) is 0 Å². The fourth-order valence-corrected chi connectivity index (χ4v) is 2.44. The molecule has 104 valence electrons. The van der Waals surface area contributed by atoms with Crippen LogP contribution in [0.15, 0.2) is 24.3 Å². The molecule has 0 saturated heterocycles. The number of hydrogen-bond donors (Lipinski definition) is 2. The van der Waals surface area contributed by atoms with Crippen molar-refractivity contribution < 1.29 is 14.7 Å². The average Bonchev–Trinajstić information content (AvgIpc) is 2.37. The summed E-state index contributed by atoms with van der Waals surface area (Å²) in [6, 6.07) is 6.59. The van der Waals surface area contributed by atoms with Crippen LogP contribution in [0.2, 0.25) is 0 Å². The fraction of sp³-hybridized carbons (Fsp3) is 0.429. The Hall–Kier alpha value is -1.49. The zero-order chi connectivity index (χ0) is 14.3. The number of thioether (sulfide) groups is 1. The third-order valence-corrected chi connectivity index (χ3v) is 3.60. The summed E-state index contributed by atoms with van der Waals surface area (Å²) < 4.78 is 0. The third kappa shape index (κ3) is 5.34. The van der Waals surface area contributed by atoms with Crippen LogP contribution in [0.5, 0.6) is 0 Å². The molecule has 0 aliphatic carbocycles. The number of nitrogens with one attached hydrogen (secondary N) is 1. The number of carboxylic acid groups (broad SMARTS) is 1. The summed E-state index contributed by atoms with van der Waals surface area (Å²) in [5, 5.41) is 11.9. The Bertz CT molecular complexity index is 448. The van der Waals surface area contributed by atoms with Crippen LogP contribution in [0.3, 0.4) is 0 Å². The summed E-state index contributed by atoms with van der Waals surface area (Å²) in [5.74, 6) is 0.265. The monoisotopic (exact) mass is 281 g/mol. The first-order valence-corrected chi connectivity index (χ1v) is 7.50. The van der Waals surface area contributed by atoms with E-state index in [1.807, 2.05) is 6.26 Å². The molecule has 1 aromatic rings. The highest BCUT2D eigenvalue weighted by molar-refractivity contribution is 7.98. The number of carbonyl (C=O) groups excluding carboxylic acids is 1. The van der Waals surface area contributed by atoms with E-state index in [0.29, 0.717) is 18.0 Å². The van der Waals surface area contributed by atoms with Gasteiger partial charge in [-0.1, -0.05) is 25.1 Å². The van der Waals surface area contributed by atoms with E-state index in [0.717, 1.165) is 5.75 Å². The van der Waals surface area contributed by atoms with Gasteiger partial charge in [0, 0.05) is 6.54 Å². The van der Waals surface area contributed by atoms with Crippen LogP contribution in [-0.2, 0) is 11.2 Å². The summed E-state index contributed by atoms with van der Waals surface area (Å²) in [6.45, 7) is 2.69. The maximum absolute atomic E-state index is 11.8. The highest BCUT2D eigenvalue weighted by atomic mass is 32.2. The molecule has 1 atom stereocenters. The molecule has 4 nitrogen and oxygen atoms in total. The zero-order valence-electron chi connectivity index (χ0n) is 11.2. The molecule has 0 bridgehead atoms. The lowest BCUT2D eigenvalue weighted by atomic mass is 10.0. The predicted molar refractivity (Wildman–Crippen MR) is 77.7 cm³/mol. The Kier molecular flexibility index (Phi) is 6.42. The van der Waals surface area contributed by atoms with Crippen molar-refractivity contribution in [2.75, 3.05) is 18.6 Å². The van der Waals surface area contributed by atoms with Gasteiger partial charge in [-0.3, -0.25) is 4.79 Å². The van der Waals surface area contributed by atoms with E-state index in [1.165, 1.54) is 6.07 Å². The van der Waals surface area contributed by atoms with Gasteiger partial charge in [-0.15, -0.1) is 0 Å². The number of amides is 1. The first-order chi connectivity index (χ1) is 9.04. The van der Waals surface area contributed by atoms with Crippen molar-refractivity contribution in [1.82, 2.24) is 5.32 Å². The van der Waals surface area contributed by atoms with Gasteiger partial charge in [0.05, 0.1) is 12.0 Å². The van der Waals surface area contributed by atoms with E-state index in [1.54, 1.807) is 30.0 Å². The number of hydrogen-bond acceptors (Lipinski definition) is 3. The van der Waals surface area contributed by atoms with E-state index >= 15 is 0 Å². The van der Waals surface area contributed by atoms with Crippen LogP contribution in [0, 0.1) is 5.92 Å². The summed E-state index contributed by atoms with van der Waals surface area (Å²) in [7, 11) is 0. The third-order valence-electron chi connectivity index (χ3n) is 2.70. The van der Waals surface area contributed by atoms with Crippen LogP contribution >= 0.6 is 11.8 Å². The Labute approximate surface area is 117 Å². The molecule has 0 heterocycles. The van der Waals surface area contributed by atoms with Crippen LogP contribution in [-0.4, -0.2) is 35.5 Å². The van der Waals surface area contributed by atoms with E-state index in [-0.39, 0.29) is 17.9 Å². The van der Waals surface area contributed by atoms with Gasteiger partial charge in [0.15, 0.2) is 0 Å². The second-order valence-electron chi connectivity index (χ2n) is 4.50. The first kappa shape index (κ1) is 15.6. The molecule has 1 aromatic carbocycles. The second-order valence-corrected chi connectivity index (χ2v) is 5.41. The van der Waals surface area contributed by atoms with Crippen molar-refractivity contribution in [2.45, 2.75) is 13.3 Å². The average molecular weight is 281 g/mol. The first-order valence-electron chi connectivity index (χ1n) is 6.11. The normalized spacial score (nSPS) is 11.9. The van der Waals surface area contributed by atoms with Crippen molar-refractivity contribution in [2.24, 2.45) is 5.92 Å². The molecule has 1 amide bonds. The van der Waals surface area contributed by atoms with Gasteiger partial charge in [-0.05, 0) is 29.6 Å². The summed E-state index contributed by atoms with van der Waals surface area (Å²) >= 11 is 1.74. The Morgan fingerprint density at radius 3 is 2.68 bits per heavy atom. The van der Waals surface area contributed by atoms with E-state index in [9.17, 15) is 9.59 Å². The molecular weight excluding hydrogens is 262 g/mol. The van der Waals surface area contributed by atoms with Crippen molar-refractivity contribution in [3.63, 3.8) is 0 Å². The van der Waals surface area contributed by atoms with Crippen LogP contribution in [0.1, 0.15) is 22.8 Å². The molecule has 0 saturated carbocycles. The molecule has 5 heteroatoms. The van der Waals surface area contributed by atoms with Gasteiger partial charge in [-0.25, -0.2) is 4.79 Å². The van der Waals surface area contributed by atoms with E-state index in [2.05, 4.69) is 12.2 Å². The van der Waals surface area contributed by atoms with Gasteiger partial charge in [0.1, 0.15) is 0 Å². The minimum Gasteiger partial charge on any atom is -0.478 e. The summed E-state index contributed by atoms with van der Waals surface area (Å²) in [4.78, 5) is 22.8. The molecule has 0 radical (unpaired) electrons. The Balaban J connectivity index is 2.55. The number of rotatable bonds is 7. The summed E-state index contributed by atoms with van der Waals surface area (Å²) in [5.41, 5.74) is 0.736. The van der Waals surface area contributed by atoms with Gasteiger partial charge in [-0.2, -0.15) is 11.8 Å².